The van der Waals surface area contributed by atoms with Gasteiger partial charge in [0.2, 0.25) is 0 Å². The second-order valence-corrected chi connectivity index (χ2v) is 11.3. The van der Waals surface area contributed by atoms with Crippen molar-refractivity contribution in [2.45, 2.75) is 77.4 Å². The minimum Gasteiger partial charge on any atom is -0.489 e. The van der Waals surface area contributed by atoms with Gasteiger partial charge in [0.1, 0.15) is 17.4 Å². The van der Waals surface area contributed by atoms with Crippen molar-refractivity contribution < 1.29 is 19.1 Å². The van der Waals surface area contributed by atoms with E-state index in [1.54, 1.807) is 30.4 Å². The lowest BCUT2D eigenvalue weighted by molar-refractivity contribution is 0.0526. The number of ether oxygens (including phenoxy) is 2. The number of amides is 1. The topological polar surface area (TPSA) is 77.0 Å². The van der Waals surface area contributed by atoms with Crippen LogP contribution in [0, 0.1) is 0 Å². The first-order valence-corrected chi connectivity index (χ1v) is 14.9. The number of rotatable bonds is 9. The van der Waals surface area contributed by atoms with Crippen LogP contribution in [0.5, 0.6) is 5.75 Å². The summed E-state index contributed by atoms with van der Waals surface area (Å²) < 4.78 is 11.0. The molecule has 0 saturated heterocycles. The van der Waals surface area contributed by atoms with Crippen LogP contribution in [0.1, 0.15) is 94.2 Å². The Morgan fingerprint density at radius 3 is 2.46 bits per heavy atom. The number of carbonyl (C=O) groups excluding carboxylic acids is 2. The highest BCUT2D eigenvalue weighted by molar-refractivity contribution is 7.16. The van der Waals surface area contributed by atoms with E-state index < -0.39 is 0 Å². The number of nitrogens with zero attached hydrogens (tertiary/aromatic N) is 1. The zero-order valence-corrected chi connectivity index (χ0v) is 23.4. The summed E-state index contributed by atoms with van der Waals surface area (Å²) in [6.45, 7) is 2.55. The van der Waals surface area contributed by atoms with Gasteiger partial charge in [0.25, 0.3) is 5.91 Å². The molecule has 1 heterocycles. The van der Waals surface area contributed by atoms with E-state index in [0.29, 0.717) is 18.8 Å². The summed E-state index contributed by atoms with van der Waals surface area (Å²) in [6, 6.07) is 15.3. The molecule has 1 fully saturated rings. The molecule has 0 spiro atoms. The molecule has 0 aliphatic heterocycles. The minimum absolute atomic E-state index is 0.0486. The molecule has 3 aromatic rings. The lowest BCUT2D eigenvalue weighted by Gasteiger charge is -2.23. The van der Waals surface area contributed by atoms with Gasteiger partial charge in [-0.2, -0.15) is 0 Å². The third-order valence-corrected chi connectivity index (χ3v) is 8.60. The van der Waals surface area contributed by atoms with Gasteiger partial charge in [0.15, 0.2) is 0 Å². The summed E-state index contributed by atoms with van der Waals surface area (Å²) in [5.74, 6) is 0.482. The molecular weight excluding hydrogens is 508 g/mol. The zero-order valence-electron chi connectivity index (χ0n) is 22.5. The summed E-state index contributed by atoms with van der Waals surface area (Å²) >= 11 is 1.67. The molecule has 1 saturated carbocycles. The van der Waals surface area contributed by atoms with E-state index in [1.807, 2.05) is 42.6 Å². The van der Waals surface area contributed by atoms with Gasteiger partial charge in [-0.15, -0.1) is 11.3 Å². The van der Waals surface area contributed by atoms with Crippen LogP contribution in [0.2, 0.25) is 0 Å². The molecule has 0 radical (unpaired) electrons. The Balaban J connectivity index is 1.23. The number of nitrogens with one attached hydrogen (secondary N) is 1. The Morgan fingerprint density at radius 2 is 1.72 bits per heavy atom. The van der Waals surface area contributed by atoms with Crippen molar-refractivity contribution in [3.05, 3.63) is 81.2 Å². The molecule has 1 amide bonds. The molecule has 6 nitrogen and oxygen atoms in total. The Labute approximate surface area is 234 Å². The fraction of sp³-hybridized carbons (Fsp3) is 0.406. The van der Waals surface area contributed by atoms with E-state index >= 15 is 0 Å². The normalized spacial score (nSPS) is 15.6. The van der Waals surface area contributed by atoms with Gasteiger partial charge in [-0.25, -0.2) is 9.79 Å². The van der Waals surface area contributed by atoms with Crippen LogP contribution in [0.3, 0.4) is 0 Å². The van der Waals surface area contributed by atoms with Crippen molar-refractivity contribution in [1.82, 2.24) is 5.32 Å². The molecule has 0 unspecified atom stereocenters. The fourth-order valence-electron chi connectivity index (χ4n) is 5.28. The maximum atomic E-state index is 13.4. The van der Waals surface area contributed by atoms with Gasteiger partial charge in [0, 0.05) is 17.1 Å². The van der Waals surface area contributed by atoms with Crippen LogP contribution in [0.15, 0.2) is 53.5 Å². The van der Waals surface area contributed by atoms with Gasteiger partial charge < -0.3 is 14.8 Å². The monoisotopic (exact) mass is 544 g/mol. The lowest BCUT2D eigenvalue weighted by atomic mass is 9.93. The van der Waals surface area contributed by atoms with Gasteiger partial charge in [-0.05, 0) is 98.5 Å². The first-order chi connectivity index (χ1) is 19.1. The fourth-order valence-corrected chi connectivity index (χ4v) is 6.51. The Hall–Kier alpha value is -3.45. The maximum absolute atomic E-state index is 13.4. The molecule has 5 rings (SSSR count). The zero-order chi connectivity index (χ0) is 27.0. The lowest BCUT2D eigenvalue weighted by Crippen LogP contribution is -2.36. The van der Waals surface area contributed by atoms with E-state index in [-0.39, 0.29) is 17.9 Å². The number of esters is 1. The van der Waals surface area contributed by atoms with Crippen molar-refractivity contribution in [2.75, 3.05) is 6.61 Å². The van der Waals surface area contributed by atoms with E-state index in [0.717, 1.165) is 59.5 Å². The third kappa shape index (κ3) is 6.95. The Morgan fingerprint density at radius 1 is 0.974 bits per heavy atom. The number of aryl methyl sites for hydroxylation is 1. The molecule has 2 aromatic carbocycles. The predicted molar refractivity (Wildman–Crippen MR) is 156 cm³/mol. The van der Waals surface area contributed by atoms with Crippen LogP contribution in [0.25, 0.3) is 0 Å². The van der Waals surface area contributed by atoms with Crippen molar-refractivity contribution in [3.8, 4) is 5.75 Å². The molecule has 1 N–H and O–H groups in total. The number of fused-ring (bicyclic) bond motifs is 1. The van der Waals surface area contributed by atoms with Crippen LogP contribution >= 0.6 is 11.3 Å². The summed E-state index contributed by atoms with van der Waals surface area (Å²) in [6.07, 6.45) is 12.0. The molecular formula is C32H36N2O4S. The van der Waals surface area contributed by atoms with Crippen molar-refractivity contribution >= 4 is 34.4 Å². The van der Waals surface area contributed by atoms with Crippen molar-refractivity contribution in [3.63, 3.8) is 0 Å². The Bertz CT molecular complexity index is 1310. The summed E-state index contributed by atoms with van der Waals surface area (Å²) in [7, 11) is 0. The molecule has 39 heavy (non-hydrogen) atoms. The second-order valence-electron chi connectivity index (χ2n) is 10.2. The minimum atomic E-state index is -0.318. The number of thiophene rings is 1. The first-order valence-electron chi connectivity index (χ1n) is 14.1. The second kappa shape index (κ2) is 13.1. The van der Waals surface area contributed by atoms with Gasteiger partial charge in [0.05, 0.1) is 17.7 Å². The highest BCUT2D eigenvalue weighted by Gasteiger charge is 2.27. The van der Waals surface area contributed by atoms with E-state index in [4.69, 9.17) is 14.5 Å². The number of benzene rings is 2. The molecule has 1 aromatic heterocycles. The number of hydrogen-bond acceptors (Lipinski definition) is 6. The maximum Gasteiger partial charge on any atom is 0.338 e. The third-order valence-electron chi connectivity index (χ3n) is 7.40. The standard InChI is InChI=1S/C32H36N2O4S/c1-2-37-32(36)24-16-12-23(13-17-24)21-38-26-18-14-22(15-19-26)20-33-31-29(27-10-6-7-11-28(27)39-31)30(35)34-25-8-4-3-5-9-25/h12-20,25H,2-11,21H2,1H3,(H,34,35). The average molecular weight is 545 g/mol. The molecule has 2 aliphatic carbocycles. The number of carbonyl (C=O) groups is 2. The van der Waals surface area contributed by atoms with Crippen molar-refractivity contribution in [1.29, 1.82) is 0 Å². The highest BCUT2D eigenvalue weighted by Crippen LogP contribution is 2.40. The molecule has 204 valence electrons. The molecule has 0 atom stereocenters. The van der Waals surface area contributed by atoms with E-state index in [1.165, 1.54) is 36.1 Å². The average Bonchev–Trinajstić information content (AvgIpc) is 3.35. The van der Waals surface area contributed by atoms with E-state index in [2.05, 4.69) is 5.32 Å². The molecule has 0 bridgehead atoms. The summed E-state index contributed by atoms with van der Waals surface area (Å²) in [5, 5.41) is 4.13. The predicted octanol–water partition coefficient (Wildman–Crippen LogP) is 7.20. The van der Waals surface area contributed by atoms with Gasteiger partial charge in [-0.1, -0.05) is 31.4 Å². The van der Waals surface area contributed by atoms with Gasteiger partial charge >= 0.3 is 5.97 Å². The van der Waals surface area contributed by atoms with Gasteiger partial charge in [-0.3, -0.25) is 4.79 Å². The quantitative estimate of drug-likeness (QED) is 0.228. The van der Waals surface area contributed by atoms with Crippen molar-refractivity contribution in [2.24, 2.45) is 4.99 Å². The summed E-state index contributed by atoms with van der Waals surface area (Å²) in [5.41, 5.74) is 4.46. The first kappa shape index (κ1) is 27.1. The molecule has 2 aliphatic rings. The van der Waals surface area contributed by atoms with E-state index in [9.17, 15) is 9.59 Å². The summed E-state index contributed by atoms with van der Waals surface area (Å²) in [4.78, 5) is 31.3. The van der Waals surface area contributed by atoms with Crippen LogP contribution in [-0.2, 0) is 24.2 Å². The smallest absolute Gasteiger partial charge is 0.338 e. The Kier molecular flexibility index (Phi) is 9.09. The van der Waals surface area contributed by atoms with Crippen LogP contribution < -0.4 is 10.1 Å². The number of hydrogen-bond donors (Lipinski definition) is 1. The van der Waals surface area contributed by atoms with Crippen LogP contribution in [0.4, 0.5) is 5.00 Å². The molecule has 7 heteroatoms. The largest absolute Gasteiger partial charge is 0.489 e. The highest BCUT2D eigenvalue weighted by atomic mass is 32.1. The number of aliphatic imine (C=N–C) groups is 1. The SMILES string of the molecule is CCOC(=O)c1ccc(COc2ccc(C=Nc3sc4c(c3C(=O)NC3CCCCC3)CCCC4)cc2)cc1. The van der Waals surface area contributed by atoms with Crippen LogP contribution in [-0.4, -0.2) is 30.7 Å².